The summed E-state index contributed by atoms with van der Waals surface area (Å²) in [5.74, 6) is 0.633. The smallest absolute Gasteiger partial charge is 0.351 e. The van der Waals surface area contributed by atoms with E-state index < -0.39 is 39.6 Å². The molecule has 0 amide bonds. The minimum absolute atomic E-state index is 0.0129. The van der Waals surface area contributed by atoms with Crippen molar-refractivity contribution >= 4 is 31.4 Å². The molecule has 0 saturated carbocycles. The molecule has 220 valence electrons. The molecule has 1 aromatic heterocycles. The summed E-state index contributed by atoms with van der Waals surface area (Å²) in [5, 5.41) is 4.91. The molecule has 1 aliphatic rings. The summed E-state index contributed by atoms with van der Waals surface area (Å²) < 4.78 is 57.1. The Bertz CT molecular complexity index is 1240. The molecule has 1 aliphatic heterocycles. The van der Waals surface area contributed by atoms with Crippen LogP contribution in [0.25, 0.3) is 10.8 Å². The Balaban J connectivity index is 0.000000621. The first-order valence-electron chi connectivity index (χ1n) is 12.3. The minimum atomic E-state index is -1.75. The predicted molar refractivity (Wildman–Crippen MR) is 147 cm³/mol. The van der Waals surface area contributed by atoms with Crippen molar-refractivity contribution in [2.24, 2.45) is 0 Å². The number of halogens is 3. The van der Waals surface area contributed by atoms with E-state index in [0.717, 1.165) is 10.8 Å². The third-order valence-electron chi connectivity index (χ3n) is 5.36. The summed E-state index contributed by atoms with van der Waals surface area (Å²) in [6.07, 6.45) is -0.606. The van der Waals surface area contributed by atoms with Crippen LogP contribution in [0.4, 0.5) is 19.0 Å². The second-order valence-electron chi connectivity index (χ2n) is 8.49. The number of benzene rings is 2. The van der Waals surface area contributed by atoms with E-state index in [9.17, 15) is 22.8 Å². The van der Waals surface area contributed by atoms with E-state index in [2.05, 4.69) is 10.1 Å². The SMILES string of the molecule is COC(C)C.FCF.Nc1ccn(C2CC(F)C(COP(NCC=O)Oc3ccc4ccccc4c3)O2)c(=O)n1. The monoisotopic (exact) mass is 586 g/mol. The number of methoxy groups -OCH3 is 1. The summed E-state index contributed by atoms with van der Waals surface area (Å²) in [6, 6.07) is 14.8. The summed E-state index contributed by atoms with van der Waals surface area (Å²) >= 11 is 0. The Hall–Kier alpha value is -3.09. The lowest BCUT2D eigenvalue weighted by atomic mass is 10.1. The highest BCUT2D eigenvalue weighted by atomic mass is 31.2. The number of carbonyl (C=O) groups excluding carboxylic acids is 1. The third kappa shape index (κ3) is 10.8. The van der Waals surface area contributed by atoms with Crippen LogP contribution >= 0.6 is 8.53 Å². The van der Waals surface area contributed by atoms with Crippen molar-refractivity contribution in [2.45, 2.75) is 44.9 Å². The first kappa shape index (κ1) is 33.1. The van der Waals surface area contributed by atoms with Crippen LogP contribution in [-0.4, -0.2) is 61.4 Å². The molecule has 3 aromatic rings. The second-order valence-corrected chi connectivity index (χ2v) is 9.76. The maximum Gasteiger partial charge on any atom is 0.351 e. The number of fused-ring (bicyclic) bond motifs is 1. The molecule has 4 rings (SSSR count). The number of rotatable bonds is 10. The molecule has 4 unspecified atom stereocenters. The van der Waals surface area contributed by atoms with Crippen molar-refractivity contribution in [3.8, 4) is 5.75 Å². The lowest BCUT2D eigenvalue weighted by Crippen LogP contribution is -2.28. The molecular formula is C26H34F3N4O6P. The van der Waals surface area contributed by atoms with Crippen LogP contribution in [0.5, 0.6) is 5.75 Å². The Morgan fingerprint density at radius 3 is 2.52 bits per heavy atom. The van der Waals surface area contributed by atoms with E-state index in [1.165, 1.54) is 16.8 Å². The fourth-order valence-corrected chi connectivity index (χ4v) is 4.35. The van der Waals surface area contributed by atoms with Gasteiger partial charge in [-0.2, -0.15) is 4.98 Å². The Kier molecular flexibility index (Phi) is 14.5. The molecule has 0 radical (unpaired) electrons. The number of hydrogen-bond donors (Lipinski definition) is 2. The van der Waals surface area contributed by atoms with Crippen molar-refractivity contribution in [2.75, 3.05) is 32.9 Å². The summed E-state index contributed by atoms with van der Waals surface area (Å²) in [4.78, 5) is 26.4. The van der Waals surface area contributed by atoms with Crippen molar-refractivity contribution < 1.29 is 36.5 Å². The molecule has 0 aliphatic carbocycles. The maximum atomic E-state index is 14.6. The van der Waals surface area contributed by atoms with Gasteiger partial charge in [0, 0.05) is 19.7 Å². The van der Waals surface area contributed by atoms with E-state index in [0.29, 0.717) is 18.1 Å². The number of nitrogens with one attached hydrogen (secondary N) is 1. The molecule has 2 heterocycles. The average molecular weight is 587 g/mol. The van der Waals surface area contributed by atoms with Crippen molar-refractivity contribution in [3.05, 3.63) is 65.2 Å². The molecule has 1 fully saturated rings. The molecule has 14 heteroatoms. The maximum absolute atomic E-state index is 14.6. The molecule has 0 spiro atoms. The Labute approximate surface area is 231 Å². The molecule has 3 N–H and O–H groups in total. The van der Waals surface area contributed by atoms with Gasteiger partial charge in [-0.05, 0) is 42.8 Å². The van der Waals surface area contributed by atoms with E-state index in [1.54, 1.807) is 13.2 Å². The lowest BCUT2D eigenvalue weighted by molar-refractivity contribution is -0.107. The van der Waals surface area contributed by atoms with Crippen molar-refractivity contribution in [1.29, 1.82) is 0 Å². The van der Waals surface area contributed by atoms with E-state index >= 15 is 0 Å². The fraction of sp³-hybridized carbons (Fsp3) is 0.423. The zero-order valence-electron chi connectivity index (χ0n) is 22.4. The largest absolute Gasteiger partial charge is 0.436 e. The van der Waals surface area contributed by atoms with Gasteiger partial charge in [0.1, 0.15) is 36.4 Å². The molecular weight excluding hydrogens is 552 g/mol. The van der Waals surface area contributed by atoms with Gasteiger partial charge in [-0.1, -0.05) is 30.3 Å². The number of nitrogens with zero attached hydrogens (tertiary/aromatic N) is 2. The molecule has 1 saturated heterocycles. The Morgan fingerprint density at radius 1 is 1.23 bits per heavy atom. The fourth-order valence-electron chi connectivity index (χ4n) is 3.33. The van der Waals surface area contributed by atoms with E-state index in [-0.39, 0.29) is 25.4 Å². The van der Waals surface area contributed by atoms with Gasteiger partial charge in [-0.3, -0.25) is 4.57 Å². The zero-order chi connectivity index (χ0) is 29.5. The van der Waals surface area contributed by atoms with Crippen molar-refractivity contribution in [1.82, 2.24) is 14.6 Å². The standard InChI is InChI=1S/C21H22FN4O5P.C4H10O.CH2F2/c22-17-12-20(26-9-7-19(23)25-21(26)28)30-18(17)13-29-32(24-8-10-27)31-16-6-5-14-3-1-2-4-15(14)11-16;1-4(2)5-3;2-1-3/h1-7,9-11,17-18,20,24H,8,12-13H2,(H2,23,25,28);4H,1-3H3;1H2. The number of nitrogen functional groups attached to an aromatic ring is 1. The van der Waals surface area contributed by atoms with E-state index in [4.69, 9.17) is 24.3 Å². The minimum Gasteiger partial charge on any atom is -0.436 e. The van der Waals surface area contributed by atoms with Gasteiger partial charge in [0.2, 0.25) is 6.93 Å². The number of aldehydes is 1. The highest BCUT2D eigenvalue weighted by molar-refractivity contribution is 7.45. The van der Waals surface area contributed by atoms with Gasteiger partial charge in [0.25, 0.3) is 0 Å². The van der Waals surface area contributed by atoms with Gasteiger partial charge in [-0.25, -0.2) is 23.1 Å². The van der Waals surface area contributed by atoms with Crippen LogP contribution in [0.3, 0.4) is 0 Å². The van der Waals surface area contributed by atoms with Crippen LogP contribution in [0.1, 0.15) is 26.5 Å². The van der Waals surface area contributed by atoms with Gasteiger partial charge < -0.3 is 29.0 Å². The Morgan fingerprint density at radius 2 is 1.90 bits per heavy atom. The topological polar surface area (TPSA) is 127 Å². The number of alkyl halides is 3. The normalized spacial score (nSPS) is 18.8. The van der Waals surface area contributed by atoms with Crippen LogP contribution in [0, 0.1) is 0 Å². The van der Waals surface area contributed by atoms with Crippen LogP contribution < -0.4 is 21.0 Å². The highest BCUT2D eigenvalue weighted by Crippen LogP contribution is 2.38. The number of hydrogen-bond acceptors (Lipinski definition) is 9. The zero-order valence-corrected chi connectivity index (χ0v) is 23.3. The van der Waals surface area contributed by atoms with Crippen LogP contribution in [0.15, 0.2) is 59.5 Å². The average Bonchev–Trinajstić information content (AvgIpc) is 3.30. The highest BCUT2D eigenvalue weighted by Gasteiger charge is 2.38. The van der Waals surface area contributed by atoms with Gasteiger partial charge in [-0.15, -0.1) is 0 Å². The summed E-state index contributed by atoms with van der Waals surface area (Å²) in [5.41, 5.74) is 4.88. The van der Waals surface area contributed by atoms with Gasteiger partial charge >= 0.3 is 14.2 Å². The number of aromatic nitrogens is 2. The molecule has 10 nitrogen and oxygen atoms in total. The first-order chi connectivity index (χ1) is 19.2. The van der Waals surface area contributed by atoms with E-state index in [1.807, 2.05) is 50.2 Å². The predicted octanol–water partition coefficient (Wildman–Crippen LogP) is 4.64. The summed E-state index contributed by atoms with van der Waals surface area (Å²) in [7, 11) is -0.0387. The second kappa shape index (κ2) is 17.6. The number of carbonyl (C=O) groups is 1. The lowest BCUT2D eigenvalue weighted by Gasteiger charge is -2.21. The first-order valence-corrected chi connectivity index (χ1v) is 13.5. The molecule has 40 heavy (non-hydrogen) atoms. The van der Waals surface area contributed by atoms with Crippen molar-refractivity contribution in [3.63, 3.8) is 0 Å². The van der Waals surface area contributed by atoms with Gasteiger partial charge in [0.05, 0.1) is 19.3 Å². The van der Waals surface area contributed by atoms with Crippen LogP contribution in [0.2, 0.25) is 0 Å². The quantitative estimate of drug-likeness (QED) is 0.258. The van der Waals surface area contributed by atoms with Crippen LogP contribution in [-0.2, 0) is 18.8 Å². The molecule has 0 bridgehead atoms. The summed E-state index contributed by atoms with van der Waals surface area (Å²) in [6.45, 7) is 2.14. The number of nitrogens with two attached hydrogens (primary N) is 1. The number of anilines is 1. The van der Waals surface area contributed by atoms with Gasteiger partial charge in [0.15, 0.2) is 0 Å². The molecule has 2 aromatic carbocycles. The number of ether oxygens (including phenoxy) is 2. The molecule has 4 atom stereocenters. The third-order valence-corrected chi connectivity index (χ3v) is 6.57.